The maximum Gasteiger partial charge on any atom is 0.407 e. The number of aliphatic hydroxyl groups excluding tert-OH is 2. The van der Waals surface area contributed by atoms with Gasteiger partial charge in [-0.25, -0.2) is 9.78 Å². The molecule has 0 spiro atoms. The molecule has 1 aliphatic rings. The number of piperazine rings is 1. The van der Waals surface area contributed by atoms with E-state index in [2.05, 4.69) is 47.2 Å². The Morgan fingerprint density at radius 2 is 1.70 bits per heavy atom. The zero-order valence-corrected chi connectivity index (χ0v) is 34.4. The van der Waals surface area contributed by atoms with Crippen LogP contribution in [0.2, 0.25) is 0 Å². The number of amides is 2. The first-order chi connectivity index (χ1) is 25.1. The highest BCUT2D eigenvalue weighted by Gasteiger charge is 2.31. The lowest BCUT2D eigenvalue weighted by Crippen LogP contribution is -2.49. The highest BCUT2D eigenvalue weighted by Crippen LogP contribution is 2.38. The quantitative estimate of drug-likeness (QED) is 0.133. The monoisotopic (exact) mass is 743 g/mol. The van der Waals surface area contributed by atoms with Crippen molar-refractivity contribution in [2.45, 2.75) is 107 Å². The summed E-state index contributed by atoms with van der Waals surface area (Å²) in [5.74, 6) is 0.574. The average molecular weight is 743 g/mol. The third-order valence-corrected chi connectivity index (χ3v) is 9.56. The minimum atomic E-state index is -0.762. The Hall–Kier alpha value is -3.45. The van der Waals surface area contributed by atoms with Crippen LogP contribution in [0, 0.1) is 12.3 Å². The second-order valence-electron chi connectivity index (χ2n) is 15.1. The molecule has 0 saturated carbocycles. The fourth-order valence-electron chi connectivity index (χ4n) is 6.22. The molecular weight excluding hydrogens is 672 g/mol. The highest BCUT2D eigenvalue weighted by atomic mass is 16.6. The molecule has 1 aromatic carbocycles. The minimum Gasteiger partial charge on any atom is -0.444 e. The topological polar surface area (TPSA) is 154 Å². The van der Waals surface area contributed by atoms with Crippen molar-refractivity contribution in [3.8, 4) is 0 Å². The Balaban J connectivity index is 0.00000477. The Morgan fingerprint density at radius 3 is 2.28 bits per heavy atom. The number of aliphatic hydroxyl groups is 2. The fraction of sp³-hybridized carbons (Fsp3) is 0.683. The van der Waals surface area contributed by atoms with Crippen LogP contribution in [0.3, 0.4) is 0 Å². The number of allylic oxidation sites excluding steroid dienone is 1. The van der Waals surface area contributed by atoms with E-state index in [1.165, 1.54) is 11.1 Å². The van der Waals surface area contributed by atoms with Gasteiger partial charge in [0, 0.05) is 74.4 Å². The predicted molar refractivity (Wildman–Crippen MR) is 216 cm³/mol. The first kappa shape index (κ1) is 45.7. The summed E-state index contributed by atoms with van der Waals surface area (Å²) in [5, 5.41) is 24.3. The minimum absolute atomic E-state index is 0.124. The number of alkyl carbamates (subject to hydrolysis) is 1. The standard InChI is InChI=1S/C39H64N6O6.C2H6/c1-9-28(3)33(24-50-10-2)45(25-39(8,26-46)27-47)35-29(4)36(40)42-32-23-30(15-16-31(32)35)13-12-18-43-19-21-44(22-20-43)34(48)14-11-17-41-37(49)51-38(5,6)7;1-2/h15-16,23,46-47H,9-14,17-22,24-27H2,1-8H3,(H2,40,42)(H,41,49);1-2H3/b33-28+;. The second-order valence-corrected chi connectivity index (χ2v) is 15.1. The highest BCUT2D eigenvalue weighted by molar-refractivity contribution is 5.97. The first-order valence-corrected chi connectivity index (χ1v) is 19.6. The Morgan fingerprint density at radius 1 is 1.04 bits per heavy atom. The van der Waals surface area contributed by atoms with Crippen LogP contribution in [-0.2, 0) is 20.7 Å². The van der Waals surface area contributed by atoms with Gasteiger partial charge in [0.15, 0.2) is 0 Å². The zero-order chi connectivity index (χ0) is 39.8. The summed E-state index contributed by atoms with van der Waals surface area (Å²) in [6.07, 6.45) is 3.21. The van der Waals surface area contributed by atoms with Crippen molar-refractivity contribution in [2.75, 3.05) is 82.9 Å². The van der Waals surface area contributed by atoms with E-state index in [9.17, 15) is 19.8 Å². The molecular formula is C41H70N6O6. The van der Waals surface area contributed by atoms with E-state index >= 15 is 0 Å². The number of aromatic nitrogens is 1. The number of pyridine rings is 1. The SMILES string of the molecule is CC.CCOC/C(=C(/C)CC)N(CC(C)(CO)CO)c1c(C)c(N)nc2cc(CCCN3CCN(C(=O)CCCNC(=O)OC(C)(C)C)CC3)ccc12. The molecule has 2 aromatic rings. The molecule has 0 bridgehead atoms. The molecule has 12 nitrogen and oxygen atoms in total. The van der Waals surface area contributed by atoms with Gasteiger partial charge < -0.3 is 40.5 Å². The summed E-state index contributed by atoms with van der Waals surface area (Å²) in [4.78, 5) is 35.9. The van der Waals surface area contributed by atoms with Crippen molar-refractivity contribution in [1.29, 1.82) is 0 Å². The molecule has 300 valence electrons. The molecule has 0 atom stereocenters. The van der Waals surface area contributed by atoms with Gasteiger partial charge in [0.2, 0.25) is 5.91 Å². The number of rotatable bonds is 18. The van der Waals surface area contributed by atoms with Gasteiger partial charge in [-0.05, 0) is 85.4 Å². The Bertz CT molecular complexity index is 1480. The summed E-state index contributed by atoms with van der Waals surface area (Å²) in [7, 11) is 0. The molecule has 0 radical (unpaired) electrons. The fourth-order valence-corrected chi connectivity index (χ4v) is 6.22. The number of carbonyl (C=O) groups is 2. The molecule has 3 rings (SSSR count). The van der Waals surface area contributed by atoms with E-state index < -0.39 is 17.1 Å². The molecule has 1 aromatic heterocycles. The molecule has 0 unspecified atom stereocenters. The van der Waals surface area contributed by atoms with Crippen molar-refractivity contribution < 1.29 is 29.3 Å². The van der Waals surface area contributed by atoms with Gasteiger partial charge in [0.1, 0.15) is 11.4 Å². The van der Waals surface area contributed by atoms with Gasteiger partial charge in [-0.15, -0.1) is 0 Å². The smallest absolute Gasteiger partial charge is 0.407 e. The molecule has 1 saturated heterocycles. The predicted octanol–water partition coefficient (Wildman–Crippen LogP) is 6.05. The van der Waals surface area contributed by atoms with E-state index in [1.807, 2.05) is 60.3 Å². The van der Waals surface area contributed by atoms with Crippen LogP contribution in [0.25, 0.3) is 10.9 Å². The number of fused-ring (bicyclic) bond motifs is 1. The number of nitrogen functional groups attached to an aromatic ring is 1. The Labute approximate surface area is 319 Å². The van der Waals surface area contributed by atoms with Crippen LogP contribution in [0.15, 0.2) is 29.5 Å². The van der Waals surface area contributed by atoms with Crippen LogP contribution >= 0.6 is 0 Å². The zero-order valence-electron chi connectivity index (χ0n) is 34.4. The van der Waals surface area contributed by atoms with Crippen molar-refractivity contribution in [1.82, 2.24) is 20.1 Å². The van der Waals surface area contributed by atoms with Crippen LogP contribution < -0.4 is 16.0 Å². The number of ether oxygens (including phenoxy) is 2. The van der Waals surface area contributed by atoms with Crippen LogP contribution in [0.1, 0.15) is 99.1 Å². The number of hydrogen-bond acceptors (Lipinski definition) is 10. The van der Waals surface area contributed by atoms with Crippen LogP contribution in [0.5, 0.6) is 0 Å². The molecule has 0 aliphatic carbocycles. The number of benzene rings is 1. The van der Waals surface area contributed by atoms with E-state index in [4.69, 9.17) is 20.2 Å². The molecule has 2 heterocycles. The molecule has 5 N–H and O–H groups in total. The molecule has 53 heavy (non-hydrogen) atoms. The summed E-state index contributed by atoms with van der Waals surface area (Å²) in [6.45, 7) is 25.0. The summed E-state index contributed by atoms with van der Waals surface area (Å²) < 4.78 is 11.2. The lowest BCUT2D eigenvalue weighted by Gasteiger charge is -2.38. The van der Waals surface area contributed by atoms with Crippen LogP contribution in [0.4, 0.5) is 16.3 Å². The summed E-state index contributed by atoms with van der Waals surface area (Å²) in [6, 6.07) is 6.40. The number of nitrogens with one attached hydrogen (secondary N) is 1. The summed E-state index contributed by atoms with van der Waals surface area (Å²) in [5.41, 5.74) is 11.2. The van der Waals surface area contributed by atoms with Gasteiger partial charge >= 0.3 is 6.09 Å². The number of nitrogens with two attached hydrogens (primary N) is 1. The third-order valence-electron chi connectivity index (χ3n) is 9.56. The van der Waals surface area contributed by atoms with Gasteiger partial charge in [-0.3, -0.25) is 9.69 Å². The average Bonchev–Trinajstić information content (AvgIpc) is 3.13. The number of nitrogens with zero attached hydrogens (tertiary/aromatic N) is 4. The summed E-state index contributed by atoms with van der Waals surface area (Å²) >= 11 is 0. The lowest BCUT2D eigenvalue weighted by molar-refractivity contribution is -0.133. The maximum absolute atomic E-state index is 12.7. The van der Waals surface area contributed by atoms with Crippen LogP contribution in [-0.4, -0.2) is 115 Å². The Kier molecular flexibility index (Phi) is 19.0. The van der Waals surface area contributed by atoms with E-state index in [0.29, 0.717) is 58.1 Å². The number of carbonyl (C=O) groups excluding carboxylic acids is 2. The van der Waals surface area contributed by atoms with Gasteiger partial charge in [0.05, 0.1) is 31.0 Å². The maximum atomic E-state index is 12.7. The first-order valence-electron chi connectivity index (χ1n) is 19.6. The second kappa shape index (κ2) is 22.1. The van der Waals surface area contributed by atoms with Crippen molar-refractivity contribution in [3.63, 3.8) is 0 Å². The third kappa shape index (κ3) is 14.0. The number of aryl methyl sites for hydroxylation is 1. The van der Waals surface area contributed by atoms with Crippen molar-refractivity contribution >= 4 is 34.4 Å². The number of hydrogen-bond donors (Lipinski definition) is 4. The van der Waals surface area contributed by atoms with E-state index in [0.717, 1.165) is 66.7 Å². The van der Waals surface area contributed by atoms with Gasteiger partial charge in [-0.1, -0.05) is 45.4 Å². The lowest BCUT2D eigenvalue weighted by atomic mass is 9.90. The number of anilines is 2. The van der Waals surface area contributed by atoms with E-state index in [-0.39, 0.29) is 19.1 Å². The molecule has 2 amide bonds. The van der Waals surface area contributed by atoms with Crippen molar-refractivity contribution in [2.24, 2.45) is 5.41 Å². The van der Waals surface area contributed by atoms with E-state index in [1.54, 1.807) is 0 Å². The van der Waals surface area contributed by atoms with Crippen molar-refractivity contribution in [3.05, 3.63) is 40.6 Å². The molecule has 12 heteroatoms. The molecule has 1 aliphatic heterocycles. The molecule has 1 fully saturated rings. The normalized spacial score (nSPS) is 14.4. The largest absolute Gasteiger partial charge is 0.444 e. The van der Waals surface area contributed by atoms with Gasteiger partial charge in [0.25, 0.3) is 0 Å². The van der Waals surface area contributed by atoms with Gasteiger partial charge in [-0.2, -0.15) is 0 Å².